The van der Waals surface area contributed by atoms with Gasteiger partial charge in [0.1, 0.15) is 5.75 Å². The molecule has 0 heterocycles. The molecule has 0 aromatic heterocycles. The first-order chi connectivity index (χ1) is 10.1. The van der Waals surface area contributed by atoms with Gasteiger partial charge < -0.3 is 9.64 Å². The highest BCUT2D eigenvalue weighted by atomic mass is 79.9. The molecule has 0 aliphatic heterocycles. The molecular weight excluding hydrogens is 334 g/mol. The minimum Gasteiger partial charge on any atom is -0.496 e. The minimum absolute atomic E-state index is 0.0846. The van der Waals surface area contributed by atoms with Crippen molar-refractivity contribution in [2.45, 2.75) is 0 Å². The second-order valence-electron chi connectivity index (χ2n) is 4.44. The van der Waals surface area contributed by atoms with Gasteiger partial charge in [-0.3, -0.25) is 9.59 Å². The number of ketones is 1. The average Bonchev–Trinajstić information content (AvgIpc) is 2.53. The van der Waals surface area contributed by atoms with E-state index in [0.717, 1.165) is 16.6 Å². The molecule has 0 aliphatic carbocycles. The monoisotopic (exact) mass is 347 g/mol. The van der Waals surface area contributed by atoms with Gasteiger partial charge in [0.25, 0.3) is 0 Å². The Kier molecular flexibility index (Phi) is 4.75. The van der Waals surface area contributed by atoms with Crippen molar-refractivity contribution >= 4 is 33.8 Å². The molecule has 4 nitrogen and oxygen atoms in total. The maximum Gasteiger partial charge on any atom is 0.213 e. The first kappa shape index (κ1) is 15.3. The number of carbonyl (C=O) groups excluding carboxylic acids is 2. The smallest absolute Gasteiger partial charge is 0.213 e. The normalized spacial score (nSPS) is 10.0. The third-order valence-corrected chi connectivity index (χ3v) is 3.73. The van der Waals surface area contributed by atoms with E-state index in [1.54, 1.807) is 56.6 Å². The van der Waals surface area contributed by atoms with Crippen LogP contribution in [0.1, 0.15) is 15.9 Å². The molecule has 21 heavy (non-hydrogen) atoms. The van der Waals surface area contributed by atoms with Gasteiger partial charge in [-0.25, -0.2) is 0 Å². The summed E-state index contributed by atoms with van der Waals surface area (Å²) < 4.78 is 5.87. The fraction of sp³-hybridized carbons (Fsp3) is 0.125. The largest absolute Gasteiger partial charge is 0.496 e. The van der Waals surface area contributed by atoms with E-state index in [9.17, 15) is 9.59 Å². The van der Waals surface area contributed by atoms with Crippen LogP contribution in [0.4, 0.5) is 5.69 Å². The maximum atomic E-state index is 12.4. The van der Waals surface area contributed by atoms with Crippen LogP contribution in [0.2, 0.25) is 0 Å². The SMILES string of the molecule is COc1ccc(C(=O)c2ccc(N(C)C=O)cc2)cc1Br. The van der Waals surface area contributed by atoms with Crippen LogP contribution in [0.3, 0.4) is 0 Å². The van der Waals surface area contributed by atoms with Gasteiger partial charge in [-0.15, -0.1) is 0 Å². The summed E-state index contributed by atoms with van der Waals surface area (Å²) in [6.45, 7) is 0. The Morgan fingerprint density at radius 3 is 2.29 bits per heavy atom. The summed E-state index contributed by atoms with van der Waals surface area (Å²) in [4.78, 5) is 24.5. The molecule has 0 atom stereocenters. The topological polar surface area (TPSA) is 46.6 Å². The molecule has 2 aromatic rings. The number of hydrogen-bond acceptors (Lipinski definition) is 3. The van der Waals surface area contributed by atoms with Crippen LogP contribution >= 0.6 is 15.9 Å². The number of benzene rings is 2. The lowest BCUT2D eigenvalue weighted by Crippen LogP contribution is -2.13. The molecule has 0 unspecified atom stereocenters. The van der Waals surface area contributed by atoms with Gasteiger partial charge >= 0.3 is 0 Å². The number of hydrogen-bond donors (Lipinski definition) is 0. The summed E-state index contributed by atoms with van der Waals surface area (Å²) in [7, 11) is 3.23. The van der Waals surface area contributed by atoms with Crippen molar-refractivity contribution in [3.63, 3.8) is 0 Å². The van der Waals surface area contributed by atoms with Crippen LogP contribution in [-0.2, 0) is 4.79 Å². The van der Waals surface area contributed by atoms with Gasteiger partial charge in [0, 0.05) is 23.9 Å². The van der Waals surface area contributed by atoms with Crippen LogP contribution in [0.15, 0.2) is 46.9 Å². The maximum absolute atomic E-state index is 12.4. The molecule has 0 aliphatic rings. The number of halogens is 1. The minimum atomic E-state index is -0.0846. The highest BCUT2D eigenvalue weighted by molar-refractivity contribution is 9.10. The van der Waals surface area contributed by atoms with Gasteiger partial charge in [-0.1, -0.05) is 0 Å². The lowest BCUT2D eigenvalue weighted by Gasteiger charge is -2.11. The third-order valence-electron chi connectivity index (χ3n) is 3.11. The number of anilines is 1. The fourth-order valence-corrected chi connectivity index (χ4v) is 2.42. The summed E-state index contributed by atoms with van der Waals surface area (Å²) in [5.74, 6) is 0.591. The first-order valence-corrected chi connectivity index (χ1v) is 7.02. The van der Waals surface area contributed by atoms with E-state index in [1.165, 1.54) is 4.90 Å². The first-order valence-electron chi connectivity index (χ1n) is 6.23. The summed E-state index contributed by atoms with van der Waals surface area (Å²) in [6.07, 6.45) is 0.720. The van der Waals surface area contributed by atoms with E-state index in [-0.39, 0.29) is 5.78 Å². The predicted octanol–water partition coefficient (Wildman–Crippen LogP) is 3.28. The molecule has 0 saturated carbocycles. The Labute approximate surface area is 131 Å². The number of methoxy groups -OCH3 is 1. The molecule has 2 rings (SSSR count). The highest BCUT2D eigenvalue weighted by Crippen LogP contribution is 2.26. The Balaban J connectivity index is 2.27. The fourth-order valence-electron chi connectivity index (χ4n) is 1.88. The molecule has 0 fully saturated rings. The van der Waals surface area contributed by atoms with E-state index in [1.807, 2.05) is 0 Å². The van der Waals surface area contributed by atoms with Gasteiger partial charge in [0.05, 0.1) is 11.6 Å². The number of ether oxygens (including phenoxy) is 1. The quantitative estimate of drug-likeness (QED) is 0.615. The lowest BCUT2D eigenvalue weighted by molar-refractivity contribution is -0.107. The molecular formula is C16H14BrNO3. The molecule has 0 saturated heterocycles. The van der Waals surface area contributed by atoms with Crippen molar-refractivity contribution in [2.24, 2.45) is 0 Å². The van der Waals surface area contributed by atoms with Gasteiger partial charge in [-0.05, 0) is 58.4 Å². The van der Waals surface area contributed by atoms with Gasteiger partial charge in [0.2, 0.25) is 6.41 Å². The number of carbonyl (C=O) groups is 2. The molecule has 5 heteroatoms. The molecule has 108 valence electrons. The zero-order valence-corrected chi connectivity index (χ0v) is 13.3. The Morgan fingerprint density at radius 2 is 1.76 bits per heavy atom. The second-order valence-corrected chi connectivity index (χ2v) is 5.30. The summed E-state index contributed by atoms with van der Waals surface area (Å²) in [5, 5.41) is 0. The lowest BCUT2D eigenvalue weighted by atomic mass is 10.0. The van der Waals surface area contributed by atoms with E-state index in [4.69, 9.17) is 4.74 Å². The van der Waals surface area contributed by atoms with E-state index >= 15 is 0 Å². The number of amides is 1. The van der Waals surface area contributed by atoms with Crippen molar-refractivity contribution in [1.82, 2.24) is 0 Å². The van der Waals surface area contributed by atoms with E-state index < -0.39 is 0 Å². The van der Waals surface area contributed by atoms with Crippen LogP contribution in [-0.4, -0.2) is 26.4 Å². The third kappa shape index (κ3) is 3.31. The van der Waals surface area contributed by atoms with Crippen molar-refractivity contribution in [1.29, 1.82) is 0 Å². The summed E-state index contributed by atoms with van der Waals surface area (Å²) in [6, 6.07) is 12.1. The number of nitrogens with zero attached hydrogens (tertiary/aromatic N) is 1. The van der Waals surface area contributed by atoms with Crippen molar-refractivity contribution < 1.29 is 14.3 Å². The van der Waals surface area contributed by atoms with Crippen molar-refractivity contribution in [3.8, 4) is 5.75 Å². The summed E-state index contributed by atoms with van der Waals surface area (Å²) >= 11 is 3.37. The molecule has 2 aromatic carbocycles. The standard InChI is InChI=1S/C16H14BrNO3/c1-18(10-19)13-6-3-11(4-7-13)16(20)12-5-8-15(21-2)14(17)9-12/h3-10H,1-2H3. The average molecular weight is 348 g/mol. The van der Waals surface area contributed by atoms with Crippen molar-refractivity contribution in [2.75, 3.05) is 19.1 Å². The van der Waals surface area contributed by atoms with Crippen LogP contribution in [0.5, 0.6) is 5.75 Å². The van der Waals surface area contributed by atoms with Crippen molar-refractivity contribution in [3.05, 3.63) is 58.1 Å². The van der Waals surface area contributed by atoms with Gasteiger partial charge in [0.15, 0.2) is 5.78 Å². The molecule has 0 spiro atoms. The predicted molar refractivity (Wildman–Crippen MR) is 85.0 cm³/mol. The molecule has 0 radical (unpaired) electrons. The number of rotatable bonds is 5. The molecule has 1 amide bonds. The van der Waals surface area contributed by atoms with Crippen LogP contribution in [0, 0.1) is 0 Å². The zero-order chi connectivity index (χ0) is 15.4. The molecule has 0 N–H and O–H groups in total. The Hall–Kier alpha value is -2.14. The van der Waals surface area contributed by atoms with Gasteiger partial charge in [-0.2, -0.15) is 0 Å². The highest BCUT2D eigenvalue weighted by Gasteiger charge is 2.11. The van der Waals surface area contributed by atoms with E-state index in [2.05, 4.69) is 15.9 Å². The Bertz CT molecular complexity index is 668. The van der Waals surface area contributed by atoms with Crippen LogP contribution < -0.4 is 9.64 Å². The zero-order valence-electron chi connectivity index (χ0n) is 11.7. The molecule has 0 bridgehead atoms. The Morgan fingerprint density at radius 1 is 1.14 bits per heavy atom. The van der Waals surface area contributed by atoms with Crippen LogP contribution in [0.25, 0.3) is 0 Å². The van der Waals surface area contributed by atoms with E-state index in [0.29, 0.717) is 16.9 Å². The second kappa shape index (κ2) is 6.54. The summed E-state index contributed by atoms with van der Waals surface area (Å²) in [5.41, 5.74) is 1.87.